The normalized spacial score (nSPS) is 16.8. The molecule has 1 aromatic carbocycles. The second kappa shape index (κ2) is 5.31. The highest BCUT2D eigenvalue weighted by Gasteiger charge is 2.35. The molecule has 0 atom stereocenters. The van der Waals surface area contributed by atoms with Gasteiger partial charge in [-0.1, -0.05) is 31.7 Å². The van der Waals surface area contributed by atoms with Crippen LogP contribution in [-0.4, -0.2) is 5.78 Å². The molecule has 5 heteroatoms. The summed E-state index contributed by atoms with van der Waals surface area (Å²) < 4.78 is 51.4. The summed E-state index contributed by atoms with van der Waals surface area (Å²) in [5.74, 6) is -1.80. The Kier molecular flexibility index (Phi) is 3.92. The molecule has 0 unspecified atom stereocenters. The number of benzene rings is 1. The van der Waals surface area contributed by atoms with E-state index in [2.05, 4.69) is 0 Å². The zero-order valence-electron chi connectivity index (χ0n) is 10.3. The number of hydrogen-bond acceptors (Lipinski definition) is 1. The summed E-state index contributed by atoms with van der Waals surface area (Å²) in [5, 5.41) is 0. The van der Waals surface area contributed by atoms with Crippen LogP contribution in [0.3, 0.4) is 0 Å². The molecule has 1 saturated carbocycles. The molecule has 2 rings (SSSR count). The minimum Gasteiger partial charge on any atom is -0.294 e. The maximum absolute atomic E-state index is 13.8. The average molecular weight is 274 g/mol. The molecule has 0 bridgehead atoms. The average Bonchev–Trinajstić information content (AvgIpc) is 2.80. The molecule has 1 fully saturated rings. The lowest BCUT2D eigenvalue weighted by Crippen LogP contribution is -2.14. The third-order valence-corrected chi connectivity index (χ3v) is 3.55. The molecule has 1 aliphatic rings. The van der Waals surface area contributed by atoms with Gasteiger partial charge in [0.2, 0.25) is 0 Å². The van der Waals surface area contributed by atoms with Crippen LogP contribution in [0.15, 0.2) is 18.2 Å². The van der Waals surface area contributed by atoms with Gasteiger partial charge in [0.15, 0.2) is 5.78 Å². The van der Waals surface area contributed by atoms with E-state index < -0.39 is 28.9 Å². The van der Waals surface area contributed by atoms with Crippen LogP contribution in [0.1, 0.15) is 48.0 Å². The Morgan fingerprint density at radius 2 is 1.84 bits per heavy atom. The van der Waals surface area contributed by atoms with Crippen molar-refractivity contribution in [1.29, 1.82) is 0 Å². The predicted octanol–water partition coefficient (Wildman–Crippen LogP) is 4.61. The van der Waals surface area contributed by atoms with Gasteiger partial charge in [-0.3, -0.25) is 4.79 Å². The summed E-state index contributed by atoms with van der Waals surface area (Å²) in [7, 11) is 0. The van der Waals surface area contributed by atoms with Gasteiger partial charge < -0.3 is 0 Å². The second-order valence-electron chi connectivity index (χ2n) is 4.94. The van der Waals surface area contributed by atoms with Gasteiger partial charge >= 0.3 is 6.18 Å². The van der Waals surface area contributed by atoms with Gasteiger partial charge in [0, 0.05) is 6.42 Å². The Hall–Kier alpha value is -1.39. The van der Waals surface area contributed by atoms with Gasteiger partial charge in [0.05, 0.1) is 11.1 Å². The van der Waals surface area contributed by atoms with Gasteiger partial charge in [0.1, 0.15) is 5.82 Å². The fourth-order valence-corrected chi connectivity index (χ4v) is 2.55. The van der Waals surface area contributed by atoms with E-state index in [4.69, 9.17) is 0 Å². The minimum atomic E-state index is -4.77. The van der Waals surface area contributed by atoms with Crippen molar-refractivity contribution in [2.75, 3.05) is 0 Å². The molecule has 104 valence electrons. The number of rotatable bonds is 3. The number of Topliss-reactive ketones (excluding diaryl/α,β-unsaturated/α-hetero) is 1. The largest absolute Gasteiger partial charge is 0.419 e. The monoisotopic (exact) mass is 274 g/mol. The number of carbonyl (C=O) groups is 1. The van der Waals surface area contributed by atoms with Gasteiger partial charge in [-0.05, 0) is 18.1 Å². The van der Waals surface area contributed by atoms with E-state index in [9.17, 15) is 22.4 Å². The maximum atomic E-state index is 13.8. The highest BCUT2D eigenvalue weighted by Crippen LogP contribution is 2.34. The molecule has 0 heterocycles. The molecule has 0 saturated heterocycles. The van der Waals surface area contributed by atoms with E-state index in [-0.39, 0.29) is 12.3 Å². The van der Waals surface area contributed by atoms with E-state index in [0.29, 0.717) is 6.07 Å². The second-order valence-corrected chi connectivity index (χ2v) is 4.94. The zero-order valence-corrected chi connectivity index (χ0v) is 10.3. The summed E-state index contributed by atoms with van der Waals surface area (Å²) in [6.07, 6.45) is -0.781. The number of halogens is 4. The Morgan fingerprint density at radius 3 is 2.42 bits per heavy atom. The minimum absolute atomic E-state index is 0.137. The zero-order chi connectivity index (χ0) is 14.0. The SMILES string of the molecule is O=C(CC1CCCC1)c1cccc(C(F)(F)F)c1F. The van der Waals surface area contributed by atoms with Crippen LogP contribution in [0.5, 0.6) is 0 Å². The molecule has 0 aliphatic heterocycles. The lowest BCUT2D eigenvalue weighted by atomic mass is 9.95. The Bertz CT molecular complexity index is 473. The number of hydrogen-bond donors (Lipinski definition) is 0. The first-order chi connectivity index (χ1) is 8.89. The van der Waals surface area contributed by atoms with Crippen LogP contribution in [0, 0.1) is 11.7 Å². The highest BCUT2D eigenvalue weighted by atomic mass is 19.4. The van der Waals surface area contributed by atoms with Crippen LogP contribution in [0.25, 0.3) is 0 Å². The summed E-state index contributed by atoms with van der Waals surface area (Å²) in [4.78, 5) is 11.9. The fourth-order valence-electron chi connectivity index (χ4n) is 2.55. The van der Waals surface area contributed by atoms with Crippen molar-refractivity contribution >= 4 is 5.78 Å². The standard InChI is InChI=1S/C14H14F4O/c15-13-10(6-3-7-11(13)14(16,17)18)12(19)8-9-4-1-2-5-9/h3,6-7,9H,1-2,4-5,8H2. The fraction of sp³-hybridized carbons (Fsp3) is 0.500. The molecule has 1 aliphatic carbocycles. The summed E-state index contributed by atoms with van der Waals surface area (Å²) >= 11 is 0. The first-order valence-electron chi connectivity index (χ1n) is 6.28. The smallest absolute Gasteiger partial charge is 0.294 e. The van der Waals surface area contributed by atoms with Crippen molar-refractivity contribution in [3.8, 4) is 0 Å². The third-order valence-electron chi connectivity index (χ3n) is 3.55. The molecule has 0 aromatic heterocycles. The molecular weight excluding hydrogens is 260 g/mol. The Balaban J connectivity index is 2.22. The first kappa shape index (κ1) is 14.0. The highest BCUT2D eigenvalue weighted by molar-refractivity contribution is 5.96. The summed E-state index contributed by atoms with van der Waals surface area (Å²) in [6.45, 7) is 0. The number of alkyl halides is 3. The maximum Gasteiger partial charge on any atom is 0.419 e. The molecule has 0 N–H and O–H groups in total. The summed E-state index contributed by atoms with van der Waals surface area (Å²) in [5.41, 5.74) is -1.81. The first-order valence-corrected chi connectivity index (χ1v) is 6.28. The number of ketones is 1. The van der Waals surface area contributed by atoms with Gasteiger partial charge in [-0.25, -0.2) is 4.39 Å². The Morgan fingerprint density at radius 1 is 1.21 bits per heavy atom. The lowest BCUT2D eigenvalue weighted by Gasteiger charge is -2.12. The molecule has 19 heavy (non-hydrogen) atoms. The lowest BCUT2D eigenvalue weighted by molar-refractivity contribution is -0.140. The summed E-state index contributed by atoms with van der Waals surface area (Å²) in [6, 6.07) is 2.86. The van der Waals surface area contributed by atoms with E-state index >= 15 is 0 Å². The van der Waals surface area contributed by atoms with E-state index in [0.717, 1.165) is 37.8 Å². The van der Waals surface area contributed by atoms with Crippen molar-refractivity contribution < 1.29 is 22.4 Å². The quantitative estimate of drug-likeness (QED) is 0.581. The molecular formula is C14H14F4O. The van der Waals surface area contributed by atoms with Gasteiger partial charge in [-0.2, -0.15) is 13.2 Å². The Labute approximate surface area is 108 Å². The van der Waals surface area contributed by atoms with Gasteiger partial charge in [-0.15, -0.1) is 0 Å². The van der Waals surface area contributed by atoms with E-state index in [1.807, 2.05) is 0 Å². The van der Waals surface area contributed by atoms with E-state index in [1.54, 1.807) is 0 Å². The molecule has 1 aromatic rings. The van der Waals surface area contributed by atoms with E-state index in [1.165, 1.54) is 0 Å². The van der Waals surface area contributed by atoms with Crippen LogP contribution in [0.2, 0.25) is 0 Å². The van der Waals surface area contributed by atoms with Crippen molar-refractivity contribution in [2.45, 2.75) is 38.3 Å². The molecule has 0 radical (unpaired) electrons. The van der Waals surface area contributed by atoms with Crippen molar-refractivity contribution in [3.63, 3.8) is 0 Å². The van der Waals surface area contributed by atoms with Crippen LogP contribution >= 0.6 is 0 Å². The van der Waals surface area contributed by atoms with Crippen molar-refractivity contribution in [3.05, 3.63) is 35.1 Å². The van der Waals surface area contributed by atoms with Crippen molar-refractivity contribution in [2.24, 2.45) is 5.92 Å². The van der Waals surface area contributed by atoms with Crippen LogP contribution < -0.4 is 0 Å². The van der Waals surface area contributed by atoms with Crippen LogP contribution in [0.4, 0.5) is 17.6 Å². The molecule has 0 amide bonds. The van der Waals surface area contributed by atoms with Crippen LogP contribution in [-0.2, 0) is 6.18 Å². The number of carbonyl (C=O) groups excluding carboxylic acids is 1. The predicted molar refractivity (Wildman–Crippen MR) is 62.3 cm³/mol. The molecule has 0 spiro atoms. The molecule has 1 nitrogen and oxygen atoms in total. The van der Waals surface area contributed by atoms with Crippen molar-refractivity contribution in [1.82, 2.24) is 0 Å². The topological polar surface area (TPSA) is 17.1 Å². The third kappa shape index (κ3) is 3.14. The van der Waals surface area contributed by atoms with Gasteiger partial charge in [0.25, 0.3) is 0 Å².